The SMILES string of the molecule is COCC1=C(C(=O)OCCC#N)C(c2cccc(Cl)c2)C(C(=O)NCCC(c2ccccc2)c2ccccc2)=C(COCCN)N1. The van der Waals surface area contributed by atoms with Crippen molar-refractivity contribution in [3.05, 3.63) is 129 Å². The number of nitrogens with two attached hydrogens (primary N) is 1. The number of nitriles is 1. The van der Waals surface area contributed by atoms with Gasteiger partial charge in [-0.15, -0.1) is 0 Å². The fourth-order valence-corrected chi connectivity index (χ4v) is 5.76. The average molecular weight is 643 g/mol. The number of amides is 1. The highest BCUT2D eigenvalue weighted by Crippen LogP contribution is 2.40. The van der Waals surface area contributed by atoms with Gasteiger partial charge in [0.15, 0.2) is 0 Å². The van der Waals surface area contributed by atoms with Crippen LogP contribution >= 0.6 is 11.6 Å². The third-order valence-electron chi connectivity index (χ3n) is 7.54. The Hall–Kier alpha value is -4.46. The minimum atomic E-state index is -0.866. The number of methoxy groups -OCH3 is 1. The van der Waals surface area contributed by atoms with E-state index in [4.69, 9.17) is 36.8 Å². The molecule has 9 nitrogen and oxygen atoms in total. The van der Waals surface area contributed by atoms with Crippen molar-refractivity contribution in [2.75, 3.05) is 46.6 Å². The first kappa shape index (κ1) is 34.4. The number of hydrogen-bond acceptors (Lipinski definition) is 8. The highest BCUT2D eigenvalue weighted by Gasteiger charge is 2.39. The lowest BCUT2D eigenvalue weighted by Crippen LogP contribution is -2.40. The van der Waals surface area contributed by atoms with Gasteiger partial charge < -0.3 is 30.6 Å². The van der Waals surface area contributed by atoms with Crippen LogP contribution in [0.25, 0.3) is 0 Å². The number of rotatable bonds is 16. The maximum Gasteiger partial charge on any atom is 0.336 e. The van der Waals surface area contributed by atoms with Crippen molar-refractivity contribution in [1.29, 1.82) is 5.26 Å². The van der Waals surface area contributed by atoms with Crippen LogP contribution in [-0.4, -0.2) is 58.5 Å². The molecule has 4 rings (SSSR count). The van der Waals surface area contributed by atoms with Crippen molar-refractivity contribution in [3.63, 3.8) is 0 Å². The van der Waals surface area contributed by atoms with Gasteiger partial charge in [-0.1, -0.05) is 84.4 Å². The summed E-state index contributed by atoms with van der Waals surface area (Å²) < 4.78 is 16.8. The Bertz CT molecular complexity index is 1530. The summed E-state index contributed by atoms with van der Waals surface area (Å²) in [6, 6.07) is 29.3. The Morgan fingerprint density at radius 3 is 2.24 bits per heavy atom. The zero-order valence-corrected chi connectivity index (χ0v) is 26.6. The lowest BCUT2D eigenvalue weighted by atomic mass is 9.79. The number of carbonyl (C=O) groups is 2. The summed E-state index contributed by atoms with van der Waals surface area (Å²) in [6.07, 6.45) is 0.661. The Morgan fingerprint density at radius 2 is 1.63 bits per heavy atom. The summed E-state index contributed by atoms with van der Waals surface area (Å²) in [5, 5.41) is 15.8. The second kappa shape index (κ2) is 17.9. The van der Waals surface area contributed by atoms with Gasteiger partial charge in [0.1, 0.15) is 6.61 Å². The van der Waals surface area contributed by atoms with Crippen molar-refractivity contribution < 1.29 is 23.8 Å². The van der Waals surface area contributed by atoms with Crippen LogP contribution in [0.15, 0.2) is 107 Å². The minimum Gasteiger partial charge on any atom is -0.461 e. The summed E-state index contributed by atoms with van der Waals surface area (Å²) in [5.41, 5.74) is 9.97. The molecule has 0 fully saturated rings. The molecule has 0 saturated carbocycles. The lowest BCUT2D eigenvalue weighted by Gasteiger charge is -2.33. The number of ether oxygens (including phenoxy) is 3. The molecule has 0 saturated heterocycles. The van der Waals surface area contributed by atoms with E-state index in [0.717, 1.165) is 11.1 Å². The van der Waals surface area contributed by atoms with Crippen LogP contribution in [0.4, 0.5) is 0 Å². The van der Waals surface area contributed by atoms with Crippen LogP contribution in [0, 0.1) is 11.3 Å². The second-order valence-electron chi connectivity index (χ2n) is 10.6. The van der Waals surface area contributed by atoms with Crippen molar-refractivity contribution in [2.24, 2.45) is 5.73 Å². The molecule has 0 bridgehead atoms. The van der Waals surface area contributed by atoms with Gasteiger partial charge in [-0.2, -0.15) is 5.26 Å². The van der Waals surface area contributed by atoms with E-state index in [2.05, 4.69) is 34.9 Å². The van der Waals surface area contributed by atoms with Gasteiger partial charge in [0.2, 0.25) is 5.91 Å². The monoisotopic (exact) mass is 642 g/mol. The second-order valence-corrected chi connectivity index (χ2v) is 11.1. The van der Waals surface area contributed by atoms with Crippen LogP contribution in [0.2, 0.25) is 5.02 Å². The van der Waals surface area contributed by atoms with Gasteiger partial charge >= 0.3 is 5.97 Å². The molecule has 1 atom stereocenters. The number of esters is 1. The largest absolute Gasteiger partial charge is 0.461 e. The first-order valence-electron chi connectivity index (χ1n) is 15.2. The fourth-order valence-electron chi connectivity index (χ4n) is 5.56. The number of nitrogens with one attached hydrogen (secondary N) is 2. The molecule has 0 spiro atoms. The molecule has 240 valence electrons. The third-order valence-corrected chi connectivity index (χ3v) is 7.78. The number of carbonyl (C=O) groups excluding carboxylic acids is 2. The third kappa shape index (κ3) is 9.05. The van der Waals surface area contributed by atoms with E-state index in [1.807, 2.05) is 42.5 Å². The molecule has 4 N–H and O–H groups in total. The zero-order valence-electron chi connectivity index (χ0n) is 25.8. The molecule has 10 heteroatoms. The highest BCUT2D eigenvalue weighted by molar-refractivity contribution is 6.30. The Morgan fingerprint density at radius 1 is 0.957 bits per heavy atom. The number of dihydropyridines is 1. The molecule has 46 heavy (non-hydrogen) atoms. The number of nitrogens with zero attached hydrogens (tertiary/aromatic N) is 1. The zero-order chi connectivity index (χ0) is 32.7. The molecular weight excluding hydrogens is 604 g/mol. The first-order chi connectivity index (χ1) is 22.5. The number of hydrogen-bond donors (Lipinski definition) is 3. The maximum absolute atomic E-state index is 14.3. The highest BCUT2D eigenvalue weighted by atomic mass is 35.5. The lowest BCUT2D eigenvalue weighted by molar-refractivity contribution is -0.139. The molecule has 1 heterocycles. The normalized spacial score (nSPS) is 14.5. The van der Waals surface area contributed by atoms with Gasteiger partial charge in [0, 0.05) is 31.1 Å². The summed E-state index contributed by atoms with van der Waals surface area (Å²) in [4.78, 5) is 27.9. The molecule has 1 aliphatic rings. The predicted molar refractivity (Wildman–Crippen MR) is 177 cm³/mol. The maximum atomic E-state index is 14.3. The molecule has 0 radical (unpaired) electrons. The number of benzene rings is 3. The standard InChI is InChI=1S/C36H39ClN4O5/c1-44-23-30-34(36(43)46-20-9-17-38)32(27-14-8-15-28(37)22-27)33(31(41-30)24-45-21-18-39)35(42)40-19-16-29(25-10-4-2-5-11-25)26-12-6-3-7-13-26/h2-8,10-15,22,29,32,41H,9,16,18-21,23-24,39H2,1H3,(H,40,42). The number of halogens is 1. The van der Waals surface area contributed by atoms with E-state index < -0.39 is 11.9 Å². The molecule has 0 aliphatic carbocycles. The van der Waals surface area contributed by atoms with Gasteiger partial charge in [-0.05, 0) is 35.2 Å². The summed E-state index contributed by atoms with van der Waals surface area (Å²) in [7, 11) is 1.51. The van der Waals surface area contributed by atoms with Gasteiger partial charge in [0.25, 0.3) is 0 Å². The van der Waals surface area contributed by atoms with E-state index in [0.29, 0.717) is 47.1 Å². The Kier molecular flexibility index (Phi) is 13.4. The fraction of sp³-hybridized carbons (Fsp3) is 0.306. The summed E-state index contributed by atoms with van der Waals surface area (Å²) in [5.74, 6) is -1.85. The van der Waals surface area contributed by atoms with E-state index in [9.17, 15) is 9.59 Å². The van der Waals surface area contributed by atoms with Crippen LogP contribution in [0.1, 0.15) is 41.4 Å². The molecule has 3 aromatic carbocycles. The molecule has 1 amide bonds. The quantitative estimate of drug-likeness (QED) is 0.148. The molecule has 3 aromatic rings. The van der Waals surface area contributed by atoms with E-state index in [1.54, 1.807) is 24.3 Å². The molecule has 0 aromatic heterocycles. The summed E-state index contributed by atoms with van der Waals surface area (Å²) in [6.45, 7) is 0.892. The molecule has 1 unspecified atom stereocenters. The average Bonchev–Trinajstić information content (AvgIpc) is 3.07. The van der Waals surface area contributed by atoms with Gasteiger partial charge in [0.05, 0.1) is 60.8 Å². The van der Waals surface area contributed by atoms with Crippen molar-refractivity contribution in [1.82, 2.24) is 10.6 Å². The van der Waals surface area contributed by atoms with E-state index in [-0.39, 0.29) is 50.2 Å². The first-order valence-corrected chi connectivity index (χ1v) is 15.5. The van der Waals surface area contributed by atoms with Gasteiger partial charge in [-0.3, -0.25) is 4.79 Å². The molecular formula is C36H39ClN4O5. The van der Waals surface area contributed by atoms with Crippen LogP contribution in [0.3, 0.4) is 0 Å². The minimum absolute atomic E-state index is 0.0270. The van der Waals surface area contributed by atoms with E-state index >= 15 is 0 Å². The van der Waals surface area contributed by atoms with Crippen LogP contribution in [0.5, 0.6) is 0 Å². The van der Waals surface area contributed by atoms with Crippen molar-refractivity contribution in [3.8, 4) is 6.07 Å². The topological polar surface area (TPSA) is 136 Å². The van der Waals surface area contributed by atoms with Crippen LogP contribution in [-0.2, 0) is 23.8 Å². The van der Waals surface area contributed by atoms with Gasteiger partial charge in [-0.25, -0.2) is 4.79 Å². The predicted octanol–water partition coefficient (Wildman–Crippen LogP) is 4.95. The molecule has 1 aliphatic heterocycles. The Balaban J connectivity index is 1.72. The van der Waals surface area contributed by atoms with E-state index in [1.165, 1.54) is 7.11 Å². The smallest absolute Gasteiger partial charge is 0.336 e. The van der Waals surface area contributed by atoms with Crippen molar-refractivity contribution in [2.45, 2.75) is 24.7 Å². The Labute approximate surface area is 275 Å². The summed E-state index contributed by atoms with van der Waals surface area (Å²) >= 11 is 6.43. The van der Waals surface area contributed by atoms with Crippen LogP contribution < -0.4 is 16.4 Å². The van der Waals surface area contributed by atoms with Crippen molar-refractivity contribution >= 4 is 23.5 Å².